The molecular formula is C18H16IN2O+. The van der Waals surface area contributed by atoms with E-state index in [2.05, 4.69) is 46.2 Å². The summed E-state index contributed by atoms with van der Waals surface area (Å²) in [5, 5.41) is 8.68. The van der Waals surface area contributed by atoms with Gasteiger partial charge in [-0.2, -0.15) is 0 Å². The van der Waals surface area contributed by atoms with Crippen molar-refractivity contribution in [2.24, 2.45) is 7.05 Å². The minimum atomic E-state index is 0.727. The van der Waals surface area contributed by atoms with Crippen molar-refractivity contribution < 1.29 is 8.98 Å². The smallest absolute Gasteiger partial charge is 0.216 e. The first-order valence-electron chi connectivity index (χ1n) is 6.95. The molecule has 0 unspecified atom stereocenters. The third-order valence-corrected chi connectivity index (χ3v) is 4.16. The molecule has 1 aromatic carbocycles. The molecule has 0 spiro atoms. The topological polar surface area (TPSA) is 40.9 Å². The average molecular weight is 403 g/mol. The van der Waals surface area contributed by atoms with Gasteiger partial charge in [-0.1, -0.05) is 34.7 Å². The van der Waals surface area contributed by atoms with Crippen LogP contribution < -0.4 is 4.57 Å². The van der Waals surface area contributed by atoms with Crippen molar-refractivity contribution in [1.82, 2.24) is 0 Å². The van der Waals surface area contributed by atoms with Gasteiger partial charge in [0.15, 0.2) is 6.20 Å². The molecule has 0 amide bonds. The van der Waals surface area contributed by atoms with Gasteiger partial charge in [0.25, 0.3) is 0 Å². The number of benzene rings is 1. The molecule has 0 aliphatic carbocycles. The second-order valence-corrected chi connectivity index (χ2v) is 5.87. The fraction of sp³-hybridized carbons (Fsp3) is 0.111. The summed E-state index contributed by atoms with van der Waals surface area (Å²) in [6, 6.07) is 10.2. The van der Waals surface area contributed by atoms with E-state index in [1.54, 1.807) is 0 Å². The van der Waals surface area contributed by atoms with Crippen molar-refractivity contribution >= 4 is 45.9 Å². The molecule has 0 saturated heterocycles. The molecule has 3 aromatic rings. The Kier molecular flexibility index (Phi) is 4.11. The van der Waals surface area contributed by atoms with Crippen molar-refractivity contribution in [2.75, 3.05) is 0 Å². The van der Waals surface area contributed by atoms with Crippen molar-refractivity contribution in [2.45, 2.75) is 6.92 Å². The van der Waals surface area contributed by atoms with E-state index in [9.17, 15) is 0 Å². The van der Waals surface area contributed by atoms with Gasteiger partial charge in [0.2, 0.25) is 5.69 Å². The summed E-state index contributed by atoms with van der Waals surface area (Å²) in [5.74, 6) is 0.727. The summed E-state index contributed by atoms with van der Waals surface area (Å²) in [6.45, 7) is 2.09. The van der Waals surface area contributed by atoms with Gasteiger partial charge >= 0.3 is 0 Å². The second-order valence-electron chi connectivity index (χ2n) is 5.15. The molecule has 0 aliphatic rings. The average Bonchev–Trinajstić information content (AvgIpc) is 2.86. The molecule has 2 heterocycles. The van der Waals surface area contributed by atoms with Gasteiger partial charge in [0, 0.05) is 29.3 Å². The zero-order valence-corrected chi connectivity index (χ0v) is 14.6. The molecule has 22 heavy (non-hydrogen) atoms. The van der Waals surface area contributed by atoms with Gasteiger partial charge in [0.05, 0.1) is 5.56 Å². The minimum absolute atomic E-state index is 0.727. The van der Waals surface area contributed by atoms with Gasteiger partial charge in [-0.25, -0.2) is 4.57 Å². The van der Waals surface area contributed by atoms with Crippen molar-refractivity contribution in [1.29, 1.82) is 5.41 Å². The third kappa shape index (κ3) is 2.37. The van der Waals surface area contributed by atoms with Gasteiger partial charge in [-0.3, -0.25) is 0 Å². The molecule has 0 saturated carbocycles. The molecule has 4 heteroatoms. The lowest BCUT2D eigenvalue weighted by atomic mass is 10.00. The number of aryl methyl sites for hydroxylation is 2. The van der Waals surface area contributed by atoms with E-state index in [0.717, 1.165) is 39.1 Å². The highest BCUT2D eigenvalue weighted by atomic mass is 127. The summed E-state index contributed by atoms with van der Waals surface area (Å²) < 4.78 is 10.1. The predicted molar refractivity (Wildman–Crippen MR) is 98.5 cm³/mol. The molecule has 3 rings (SSSR count). The van der Waals surface area contributed by atoms with Crippen molar-refractivity contribution in [3.05, 3.63) is 57.5 Å². The van der Waals surface area contributed by atoms with Gasteiger partial charge in [-0.05, 0) is 28.7 Å². The SMILES string of the molecule is Cc1ccc2c(C=N)c(/C=C\I)oc2c1-c1cccc[n+]1C. The molecule has 0 radical (unpaired) electrons. The van der Waals surface area contributed by atoms with Crippen LogP contribution in [-0.4, -0.2) is 6.21 Å². The van der Waals surface area contributed by atoms with Crippen LogP contribution in [0.25, 0.3) is 28.3 Å². The van der Waals surface area contributed by atoms with Crippen LogP contribution in [0.4, 0.5) is 0 Å². The second kappa shape index (κ2) is 6.04. The summed E-state index contributed by atoms with van der Waals surface area (Å²) in [6.07, 6.45) is 5.28. The van der Waals surface area contributed by atoms with E-state index in [1.807, 2.05) is 41.6 Å². The molecule has 110 valence electrons. The standard InChI is InChI=1S/C18H16IN2O/c1-12-6-7-13-14(11-20)16(8-9-19)22-18(13)17(12)15-5-3-4-10-21(15)2/h3-11,20H,1-2H3/q+1/b9-8-,20-11?. The van der Waals surface area contributed by atoms with Gasteiger partial charge < -0.3 is 9.83 Å². The third-order valence-electron chi connectivity index (χ3n) is 3.80. The van der Waals surface area contributed by atoms with E-state index < -0.39 is 0 Å². The number of aromatic nitrogens is 1. The van der Waals surface area contributed by atoms with E-state index in [0.29, 0.717) is 0 Å². The largest absolute Gasteiger partial charge is 0.455 e. The van der Waals surface area contributed by atoms with Crippen molar-refractivity contribution in [3.8, 4) is 11.3 Å². The monoisotopic (exact) mass is 403 g/mol. The van der Waals surface area contributed by atoms with E-state index in [-0.39, 0.29) is 0 Å². The highest BCUT2D eigenvalue weighted by Gasteiger charge is 2.21. The molecule has 2 aromatic heterocycles. The summed E-state index contributed by atoms with van der Waals surface area (Å²) in [5.41, 5.74) is 5.00. The molecule has 0 atom stereocenters. The van der Waals surface area contributed by atoms with Crippen LogP contribution in [0.3, 0.4) is 0 Å². The lowest BCUT2D eigenvalue weighted by Crippen LogP contribution is -2.30. The maximum absolute atomic E-state index is 7.71. The Morgan fingerprint density at radius 3 is 2.73 bits per heavy atom. The lowest BCUT2D eigenvalue weighted by molar-refractivity contribution is -0.660. The number of nitrogens with zero attached hydrogens (tertiary/aromatic N) is 1. The number of hydrogen-bond donors (Lipinski definition) is 1. The quantitative estimate of drug-likeness (QED) is 0.387. The number of pyridine rings is 1. The first-order valence-corrected chi connectivity index (χ1v) is 8.20. The number of furan rings is 1. The maximum Gasteiger partial charge on any atom is 0.216 e. The summed E-state index contributed by atoms with van der Waals surface area (Å²) >= 11 is 2.16. The lowest BCUT2D eigenvalue weighted by Gasteiger charge is -2.05. The van der Waals surface area contributed by atoms with Gasteiger partial charge in [-0.15, -0.1) is 0 Å². The molecule has 1 N–H and O–H groups in total. The zero-order chi connectivity index (χ0) is 15.7. The molecule has 0 bridgehead atoms. The number of fused-ring (bicyclic) bond motifs is 1. The Labute approximate surface area is 142 Å². The Bertz CT molecular complexity index is 893. The van der Waals surface area contributed by atoms with Crippen molar-refractivity contribution in [3.63, 3.8) is 0 Å². The Morgan fingerprint density at radius 1 is 1.23 bits per heavy atom. The van der Waals surface area contributed by atoms with Crippen LogP contribution >= 0.6 is 22.6 Å². The predicted octanol–water partition coefficient (Wildman–Crippen LogP) is 4.64. The first kappa shape index (κ1) is 15.0. The fourth-order valence-corrected chi connectivity index (χ4v) is 3.05. The van der Waals surface area contributed by atoms with Crippen LogP contribution in [0.5, 0.6) is 0 Å². The highest BCUT2D eigenvalue weighted by Crippen LogP contribution is 2.35. The number of hydrogen-bond acceptors (Lipinski definition) is 2. The number of nitrogens with one attached hydrogen (secondary N) is 1. The molecule has 0 fully saturated rings. The Hall–Kier alpha value is -1.95. The molecule has 0 aliphatic heterocycles. The molecule has 3 nitrogen and oxygen atoms in total. The number of halogens is 1. The van der Waals surface area contributed by atoms with Crippen LogP contribution in [0, 0.1) is 12.3 Å². The normalized spacial score (nSPS) is 11.4. The van der Waals surface area contributed by atoms with E-state index >= 15 is 0 Å². The van der Waals surface area contributed by atoms with Crippen LogP contribution in [-0.2, 0) is 7.05 Å². The number of rotatable bonds is 3. The highest BCUT2D eigenvalue weighted by molar-refractivity contribution is 14.1. The van der Waals surface area contributed by atoms with Gasteiger partial charge in [0.1, 0.15) is 18.4 Å². The minimum Gasteiger partial charge on any atom is -0.455 e. The first-order chi connectivity index (χ1) is 10.7. The Morgan fingerprint density at radius 2 is 2.05 bits per heavy atom. The van der Waals surface area contributed by atoms with Crippen LogP contribution in [0.1, 0.15) is 16.9 Å². The van der Waals surface area contributed by atoms with E-state index in [1.165, 1.54) is 6.21 Å². The zero-order valence-electron chi connectivity index (χ0n) is 12.4. The van der Waals surface area contributed by atoms with E-state index in [4.69, 9.17) is 9.83 Å². The van der Waals surface area contributed by atoms with Crippen LogP contribution in [0.2, 0.25) is 0 Å². The summed E-state index contributed by atoms with van der Waals surface area (Å²) in [4.78, 5) is 0. The Balaban J connectivity index is 2.42. The maximum atomic E-state index is 7.71. The molecular weight excluding hydrogens is 387 g/mol. The summed E-state index contributed by atoms with van der Waals surface area (Å²) in [7, 11) is 2.03. The van der Waals surface area contributed by atoms with Crippen LogP contribution in [0.15, 0.2) is 45.0 Å². The fourth-order valence-electron chi connectivity index (χ4n) is 2.73.